The Morgan fingerprint density at radius 1 is 1.04 bits per heavy atom. The van der Waals surface area contributed by atoms with Gasteiger partial charge in [0.2, 0.25) is 5.91 Å². The van der Waals surface area contributed by atoms with Crippen molar-refractivity contribution in [3.8, 4) is 0 Å². The molecule has 4 rings (SSSR count). The van der Waals surface area contributed by atoms with E-state index in [0.29, 0.717) is 28.9 Å². The van der Waals surface area contributed by atoms with Crippen molar-refractivity contribution >= 4 is 17.7 Å². The van der Waals surface area contributed by atoms with E-state index in [2.05, 4.69) is 5.10 Å². The molecular formula is C20H32N4O2S. The number of carbonyl (C=O) groups excluding carboxylic acids is 1. The molecule has 150 valence electrons. The number of carbonyl (C=O) groups is 1. The Bertz CT molecular complexity index is 708. The number of likely N-dealkylation sites (tertiary alicyclic amines) is 1. The van der Waals surface area contributed by atoms with Crippen LogP contribution in [0.15, 0.2) is 4.79 Å². The number of piperidine rings is 1. The van der Waals surface area contributed by atoms with Gasteiger partial charge in [-0.15, -0.1) is 11.8 Å². The van der Waals surface area contributed by atoms with Gasteiger partial charge in [0.15, 0.2) is 0 Å². The molecule has 3 fully saturated rings. The molecule has 2 aliphatic carbocycles. The first-order valence-corrected chi connectivity index (χ1v) is 11.7. The number of rotatable bonds is 5. The molecule has 0 N–H and O–H groups in total. The van der Waals surface area contributed by atoms with Crippen LogP contribution in [0.25, 0.3) is 0 Å². The van der Waals surface area contributed by atoms with E-state index in [-0.39, 0.29) is 5.69 Å². The van der Waals surface area contributed by atoms with Crippen molar-refractivity contribution in [1.29, 1.82) is 0 Å². The highest BCUT2D eigenvalue weighted by Crippen LogP contribution is 2.34. The van der Waals surface area contributed by atoms with Crippen LogP contribution in [0.1, 0.15) is 82.0 Å². The van der Waals surface area contributed by atoms with E-state index in [4.69, 9.17) is 0 Å². The summed E-state index contributed by atoms with van der Waals surface area (Å²) in [5.41, 5.74) is 0.0309. The standard InChI is InChI=1S/C20H32N4O2S/c1-22-20(26)24(16-6-2-3-7-16)19(21-22)15-10-12-23(13-11-15)18(25)14-27-17-8-4-5-9-17/h15-17H,2-14H2,1H3. The van der Waals surface area contributed by atoms with Crippen LogP contribution in [0.3, 0.4) is 0 Å². The molecule has 2 heterocycles. The fourth-order valence-corrected chi connectivity index (χ4v) is 6.23. The van der Waals surface area contributed by atoms with Crippen LogP contribution in [0.5, 0.6) is 0 Å². The van der Waals surface area contributed by atoms with Gasteiger partial charge in [0, 0.05) is 37.3 Å². The summed E-state index contributed by atoms with van der Waals surface area (Å²) < 4.78 is 3.48. The summed E-state index contributed by atoms with van der Waals surface area (Å²) in [6, 6.07) is 0.323. The molecule has 1 aromatic heterocycles. The Morgan fingerprint density at radius 3 is 2.33 bits per heavy atom. The normalized spacial score (nSPS) is 22.8. The second-order valence-corrected chi connectivity index (χ2v) is 9.73. The van der Waals surface area contributed by atoms with E-state index in [1.807, 2.05) is 21.2 Å². The average Bonchev–Trinajstić information content (AvgIpc) is 3.43. The van der Waals surface area contributed by atoms with Crippen LogP contribution < -0.4 is 5.69 Å². The molecule has 1 aromatic rings. The van der Waals surface area contributed by atoms with Gasteiger partial charge < -0.3 is 4.90 Å². The lowest BCUT2D eigenvalue weighted by molar-refractivity contribution is -0.129. The molecule has 0 bridgehead atoms. The van der Waals surface area contributed by atoms with Crippen LogP contribution in [0.2, 0.25) is 0 Å². The minimum Gasteiger partial charge on any atom is -0.342 e. The van der Waals surface area contributed by atoms with Crippen LogP contribution in [-0.2, 0) is 11.8 Å². The first kappa shape index (κ1) is 19.1. The Morgan fingerprint density at radius 2 is 1.67 bits per heavy atom. The van der Waals surface area contributed by atoms with Crippen LogP contribution in [-0.4, -0.2) is 49.2 Å². The predicted octanol–water partition coefficient (Wildman–Crippen LogP) is 3.08. The molecule has 3 aliphatic rings. The molecule has 1 amide bonds. The van der Waals surface area contributed by atoms with Gasteiger partial charge in [-0.2, -0.15) is 5.10 Å². The molecule has 0 radical (unpaired) electrons. The second-order valence-electron chi connectivity index (χ2n) is 8.45. The summed E-state index contributed by atoms with van der Waals surface area (Å²) in [6.45, 7) is 1.59. The number of aryl methyl sites for hydroxylation is 1. The predicted molar refractivity (Wildman–Crippen MR) is 108 cm³/mol. The molecule has 0 atom stereocenters. The lowest BCUT2D eigenvalue weighted by atomic mass is 9.95. The highest BCUT2D eigenvalue weighted by molar-refractivity contribution is 8.00. The van der Waals surface area contributed by atoms with Crippen LogP contribution in [0.4, 0.5) is 0 Å². The third-order valence-electron chi connectivity index (χ3n) is 6.63. The highest BCUT2D eigenvalue weighted by atomic mass is 32.2. The highest BCUT2D eigenvalue weighted by Gasteiger charge is 2.31. The average molecular weight is 393 g/mol. The Balaban J connectivity index is 1.36. The van der Waals surface area contributed by atoms with E-state index in [1.54, 1.807) is 7.05 Å². The Kier molecular flexibility index (Phi) is 5.95. The maximum atomic E-state index is 12.6. The first-order valence-electron chi connectivity index (χ1n) is 10.7. The number of hydrogen-bond donors (Lipinski definition) is 0. The van der Waals surface area contributed by atoms with Crippen molar-refractivity contribution in [1.82, 2.24) is 19.2 Å². The summed E-state index contributed by atoms with van der Waals surface area (Å²) in [5, 5.41) is 5.29. The topological polar surface area (TPSA) is 60.1 Å². The SMILES string of the molecule is Cn1nc(C2CCN(C(=O)CSC3CCCC3)CC2)n(C2CCCC2)c1=O. The van der Waals surface area contributed by atoms with E-state index < -0.39 is 0 Å². The summed E-state index contributed by atoms with van der Waals surface area (Å²) in [7, 11) is 1.76. The number of nitrogens with zero attached hydrogens (tertiary/aromatic N) is 4. The van der Waals surface area contributed by atoms with Crippen molar-refractivity contribution in [3.05, 3.63) is 16.3 Å². The molecule has 27 heavy (non-hydrogen) atoms. The van der Waals surface area contributed by atoms with Crippen molar-refractivity contribution in [2.24, 2.45) is 7.05 Å². The molecule has 0 unspecified atom stereocenters. The number of hydrogen-bond acceptors (Lipinski definition) is 4. The quantitative estimate of drug-likeness (QED) is 0.773. The third-order valence-corrected chi connectivity index (χ3v) is 7.99. The summed E-state index contributed by atoms with van der Waals surface area (Å²) in [4.78, 5) is 27.2. The van der Waals surface area contributed by atoms with Crippen molar-refractivity contribution in [2.75, 3.05) is 18.8 Å². The van der Waals surface area contributed by atoms with Crippen molar-refractivity contribution in [3.63, 3.8) is 0 Å². The summed E-state index contributed by atoms with van der Waals surface area (Å²) in [6.07, 6.45) is 11.6. The lowest BCUT2D eigenvalue weighted by Crippen LogP contribution is -2.40. The lowest BCUT2D eigenvalue weighted by Gasteiger charge is -2.32. The zero-order chi connectivity index (χ0) is 18.8. The van der Waals surface area contributed by atoms with Gasteiger partial charge in [0.25, 0.3) is 0 Å². The van der Waals surface area contributed by atoms with Crippen molar-refractivity contribution in [2.45, 2.75) is 81.4 Å². The number of amides is 1. The van der Waals surface area contributed by atoms with Gasteiger partial charge in [0.05, 0.1) is 5.75 Å². The first-order chi connectivity index (χ1) is 13.1. The maximum absolute atomic E-state index is 12.6. The largest absolute Gasteiger partial charge is 0.345 e. The number of aromatic nitrogens is 3. The minimum absolute atomic E-state index is 0.0309. The maximum Gasteiger partial charge on any atom is 0.345 e. The smallest absolute Gasteiger partial charge is 0.342 e. The van der Waals surface area contributed by atoms with Gasteiger partial charge in [-0.1, -0.05) is 25.7 Å². The van der Waals surface area contributed by atoms with Crippen LogP contribution >= 0.6 is 11.8 Å². The Labute approximate surface area is 165 Å². The number of thioether (sulfide) groups is 1. The molecule has 0 aromatic carbocycles. The Hall–Kier alpha value is -1.24. The fourth-order valence-electron chi connectivity index (χ4n) is 5.01. The van der Waals surface area contributed by atoms with Gasteiger partial charge in [-0.05, 0) is 38.5 Å². The minimum atomic E-state index is 0.0309. The molecule has 1 aliphatic heterocycles. The van der Waals surface area contributed by atoms with Crippen molar-refractivity contribution < 1.29 is 4.79 Å². The molecule has 1 saturated heterocycles. The zero-order valence-electron chi connectivity index (χ0n) is 16.4. The van der Waals surface area contributed by atoms with Crippen LogP contribution in [0, 0.1) is 0 Å². The fraction of sp³-hybridized carbons (Fsp3) is 0.850. The van der Waals surface area contributed by atoms with E-state index in [0.717, 1.165) is 44.6 Å². The third kappa shape index (κ3) is 4.13. The van der Waals surface area contributed by atoms with E-state index in [9.17, 15) is 9.59 Å². The summed E-state index contributed by atoms with van der Waals surface area (Å²) >= 11 is 1.86. The molecule has 0 spiro atoms. The van der Waals surface area contributed by atoms with E-state index >= 15 is 0 Å². The second kappa shape index (κ2) is 8.41. The van der Waals surface area contributed by atoms with Gasteiger partial charge in [-0.3, -0.25) is 9.36 Å². The molecule has 2 saturated carbocycles. The monoisotopic (exact) mass is 392 g/mol. The van der Waals surface area contributed by atoms with Gasteiger partial charge in [0.1, 0.15) is 5.82 Å². The zero-order valence-corrected chi connectivity index (χ0v) is 17.3. The summed E-state index contributed by atoms with van der Waals surface area (Å²) in [5.74, 6) is 2.18. The van der Waals surface area contributed by atoms with Gasteiger partial charge in [-0.25, -0.2) is 9.48 Å². The van der Waals surface area contributed by atoms with Gasteiger partial charge >= 0.3 is 5.69 Å². The molecule has 6 nitrogen and oxygen atoms in total. The molecular weight excluding hydrogens is 360 g/mol. The van der Waals surface area contributed by atoms with E-state index in [1.165, 1.54) is 43.2 Å². The molecule has 7 heteroatoms.